The van der Waals surface area contributed by atoms with Crippen molar-refractivity contribution in [2.24, 2.45) is 5.73 Å². The van der Waals surface area contributed by atoms with Gasteiger partial charge in [0.05, 0.1) is 6.54 Å². The van der Waals surface area contributed by atoms with E-state index in [1.807, 2.05) is 12.1 Å². The largest absolute Gasteiger partial charge is 0.352 e. The van der Waals surface area contributed by atoms with Crippen molar-refractivity contribution in [3.63, 3.8) is 0 Å². The Labute approximate surface area is 127 Å². The highest BCUT2D eigenvalue weighted by Gasteiger charge is 2.19. The zero-order valence-electron chi connectivity index (χ0n) is 13.1. The summed E-state index contributed by atoms with van der Waals surface area (Å²) in [7, 11) is 0. The van der Waals surface area contributed by atoms with Crippen LogP contribution in [0.5, 0.6) is 0 Å². The molecule has 4 nitrogen and oxygen atoms in total. The lowest BCUT2D eigenvalue weighted by Gasteiger charge is -2.29. The Morgan fingerprint density at radius 1 is 1.38 bits per heavy atom. The molecule has 2 rings (SSSR count). The highest BCUT2D eigenvalue weighted by molar-refractivity contribution is 5.78. The van der Waals surface area contributed by atoms with Crippen LogP contribution in [-0.2, 0) is 11.2 Å². The van der Waals surface area contributed by atoms with Gasteiger partial charge in [0.2, 0.25) is 5.91 Å². The Bertz CT molecular complexity index is 467. The monoisotopic (exact) mass is 289 g/mol. The first-order valence-corrected chi connectivity index (χ1v) is 7.86. The molecule has 21 heavy (non-hydrogen) atoms. The number of hydrogen-bond acceptors (Lipinski definition) is 3. The first-order valence-electron chi connectivity index (χ1n) is 7.86. The number of carbonyl (C=O) groups excluding carboxylic acids is 1. The van der Waals surface area contributed by atoms with E-state index in [2.05, 4.69) is 36.2 Å². The average Bonchev–Trinajstić information content (AvgIpc) is 2.44. The van der Waals surface area contributed by atoms with Crippen LogP contribution in [0.2, 0.25) is 0 Å². The number of piperidine rings is 1. The Morgan fingerprint density at radius 2 is 2.05 bits per heavy atom. The van der Waals surface area contributed by atoms with Gasteiger partial charge in [-0.05, 0) is 44.2 Å². The summed E-state index contributed by atoms with van der Waals surface area (Å²) in [6.07, 6.45) is 2.86. The van der Waals surface area contributed by atoms with E-state index >= 15 is 0 Å². The van der Waals surface area contributed by atoms with Gasteiger partial charge in [-0.25, -0.2) is 0 Å². The molecule has 0 aromatic heterocycles. The highest BCUT2D eigenvalue weighted by Crippen LogP contribution is 2.10. The molecule has 1 amide bonds. The minimum atomic E-state index is 0.117. The van der Waals surface area contributed by atoms with Crippen LogP contribution in [0.25, 0.3) is 0 Å². The Hall–Kier alpha value is -1.39. The first-order chi connectivity index (χ1) is 10.0. The molecule has 1 aliphatic rings. The predicted molar refractivity (Wildman–Crippen MR) is 86.1 cm³/mol. The molecular formula is C17H27N3O. The van der Waals surface area contributed by atoms with Gasteiger partial charge in [0.1, 0.15) is 0 Å². The number of aryl methyl sites for hydroxylation is 1. The van der Waals surface area contributed by atoms with Crippen molar-refractivity contribution in [2.45, 2.75) is 45.2 Å². The van der Waals surface area contributed by atoms with E-state index in [0.717, 1.165) is 32.4 Å². The number of nitrogens with zero attached hydrogens (tertiary/aromatic N) is 1. The van der Waals surface area contributed by atoms with Gasteiger partial charge in [0, 0.05) is 25.2 Å². The number of benzene rings is 1. The number of amides is 1. The van der Waals surface area contributed by atoms with Crippen LogP contribution >= 0.6 is 0 Å². The fourth-order valence-electron chi connectivity index (χ4n) is 2.85. The molecule has 1 aromatic rings. The second-order valence-corrected chi connectivity index (χ2v) is 6.21. The Kier molecular flexibility index (Phi) is 5.76. The standard InChI is InChI=1S/C17H27N3O/c1-13-5-3-4-6-15(13)11-14(2)19-17(21)12-20-9-7-16(18)8-10-20/h3-6,14,16H,7-12,18H2,1-2H3,(H,19,21). The summed E-state index contributed by atoms with van der Waals surface area (Å²) in [6.45, 7) is 6.53. The van der Waals surface area contributed by atoms with Crippen molar-refractivity contribution < 1.29 is 4.79 Å². The van der Waals surface area contributed by atoms with Crippen molar-refractivity contribution in [1.29, 1.82) is 0 Å². The molecular weight excluding hydrogens is 262 g/mol. The molecule has 1 saturated heterocycles. The number of hydrogen-bond donors (Lipinski definition) is 2. The van der Waals surface area contributed by atoms with Crippen LogP contribution in [0, 0.1) is 6.92 Å². The van der Waals surface area contributed by atoms with E-state index in [9.17, 15) is 4.79 Å². The number of likely N-dealkylation sites (tertiary alicyclic amines) is 1. The summed E-state index contributed by atoms with van der Waals surface area (Å²) >= 11 is 0. The minimum absolute atomic E-state index is 0.117. The third-order valence-electron chi connectivity index (χ3n) is 4.19. The molecule has 1 atom stereocenters. The second kappa shape index (κ2) is 7.57. The summed E-state index contributed by atoms with van der Waals surface area (Å²) in [5, 5.41) is 3.10. The van der Waals surface area contributed by atoms with Crippen molar-refractivity contribution in [3.05, 3.63) is 35.4 Å². The third kappa shape index (κ3) is 5.14. The lowest BCUT2D eigenvalue weighted by atomic mass is 10.0. The van der Waals surface area contributed by atoms with Crippen LogP contribution in [-0.4, -0.2) is 42.5 Å². The molecule has 3 N–H and O–H groups in total. The van der Waals surface area contributed by atoms with Gasteiger partial charge < -0.3 is 11.1 Å². The molecule has 0 bridgehead atoms. The molecule has 0 saturated carbocycles. The van der Waals surface area contributed by atoms with Gasteiger partial charge in [-0.15, -0.1) is 0 Å². The zero-order valence-corrected chi connectivity index (χ0v) is 13.1. The van der Waals surface area contributed by atoms with Crippen molar-refractivity contribution in [1.82, 2.24) is 10.2 Å². The van der Waals surface area contributed by atoms with Crippen LogP contribution in [0.3, 0.4) is 0 Å². The zero-order chi connectivity index (χ0) is 15.2. The first kappa shape index (κ1) is 16.0. The van der Waals surface area contributed by atoms with Crippen LogP contribution in [0.1, 0.15) is 30.9 Å². The molecule has 0 radical (unpaired) electrons. The normalized spacial score (nSPS) is 18.4. The molecule has 1 fully saturated rings. The SMILES string of the molecule is Cc1ccccc1CC(C)NC(=O)CN1CCC(N)CC1. The lowest BCUT2D eigenvalue weighted by Crippen LogP contribution is -2.46. The van der Waals surface area contributed by atoms with E-state index in [1.165, 1.54) is 11.1 Å². The van der Waals surface area contributed by atoms with Gasteiger partial charge >= 0.3 is 0 Å². The molecule has 1 aromatic carbocycles. The fourth-order valence-corrected chi connectivity index (χ4v) is 2.85. The molecule has 1 heterocycles. The predicted octanol–water partition coefficient (Wildman–Crippen LogP) is 1.47. The molecule has 0 aliphatic carbocycles. The van der Waals surface area contributed by atoms with Gasteiger partial charge in [0.25, 0.3) is 0 Å². The number of carbonyl (C=O) groups is 1. The summed E-state index contributed by atoms with van der Waals surface area (Å²) in [6, 6.07) is 8.80. The smallest absolute Gasteiger partial charge is 0.234 e. The second-order valence-electron chi connectivity index (χ2n) is 6.21. The summed E-state index contributed by atoms with van der Waals surface area (Å²) < 4.78 is 0. The van der Waals surface area contributed by atoms with E-state index in [1.54, 1.807) is 0 Å². The number of rotatable bonds is 5. The summed E-state index contributed by atoms with van der Waals surface area (Å²) in [4.78, 5) is 14.3. The van der Waals surface area contributed by atoms with Crippen LogP contribution < -0.4 is 11.1 Å². The summed E-state index contributed by atoms with van der Waals surface area (Å²) in [5.41, 5.74) is 8.46. The fraction of sp³-hybridized carbons (Fsp3) is 0.588. The quantitative estimate of drug-likeness (QED) is 0.863. The van der Waals surface area contributed by atoms with E-state index in [4.69, 9.17) is 5.73 Å². The molecule has 0 spiro atoms. The highest BCUT2D eigenvalue weighted by atomic mass is 16.2. The lowest BCUT2D eigenvalue weighted by molar-refractivity contribution is -0.123. The van der Waals surface area contributed by atoms with E-state index in [-0.39, 0.29) is 11.9 Å². The average molecular weight is 289 g/mol. The van der Waals surface area contributed by atoms with Gasteiger partial charge in [-0.3, -0.25) is 9.69 Å². The van der Waals surface area contributed by atoms with Crippen molar-refractivity contribution in [3.8, 4) is 0 Å². The topological polar surface area (TPSA) is 58.4 Å². The van der Waals surface area contributed by atoms with Crippen LogP contribution in [0.4, 0.5) is 0 Å². The molecule has 116 valence electrons. The minimum Gasteiger partial charge on any atom is -0.352 e. The van der Waals surface area contributed by atoms with E-state index in [0.29, 0.717) is 12.6 Å². The Balaban J connectivity index is 1.76. The van der Waals surface area contributed by atoms with Gasteiger partial charge in [0.15, 0.2) is 0 Å². The van der Waals surface area contributed by atoms with Crippen molar-refractivity contribution >= 4 is 5.91 Å². The number of nitrogens with one attached hydrogen (secondary N) is 1. The summed E-state index contributed by atoms with van der Waals surface area (Å²) in [5.74, 6) is 0.117. The van der Waals surface area contributed by atoms with Crippen molar-refractivity contribution in [2.75, 3.05) is 19.6 Å². The third-order valence-corrected chi connectivity index (χ3v) is 4.19. The van der Waals surface area contributed by atoms with Gasteiger partial charge in [-0.1, -0.05) is 24.3 Å². The molecule has 1 aliphatic heterocycles. The van der Waals surface area contributed by atoms with Gasteiger partial charge in [-0.2, -0.15) is 0 Å². The van der Waals surface area contributed by atoms with E-state index < -0.39 is 0 Å². The molecule has 4 heteroatoms. The maximum Gasteiger partial charge on any atom is 0.234 e. The maximum atomic E-state index is 12.1. The number of nitrogens with two attached hydrogens (primary N) is 1. The van der Waals surface area contributed by atoms with Crippen LogP contribution in [0.15, 0.2) is 24.3 Å². The Morgan fingerprint density at radius 3 is 2.71 bits per heavy atom. The maximum absolute atomic E-state index is 12.1. The molecule has 1 unspecified atom stereocenters.